The normalized spacial score (nSPS) is 9.79. The number of carbonyl (C=O) groups is 2. The molecule has 1 amide bonds. The number of benzene rings is 2. The number of esters is 1. The van der Waals surface area contributed by atoms with Gasteiger partial charge in [0.15, 0.2) is 0 Å². The van der Waals surface area contributed by atoms with Gasteiger partial charge >= 0.3 is 41.6 Å². The number of rotatable bonds is 9. The number of alkyl carbamates (subject to hydrolysis) is 1. The molecule has 0 aliphatic carbocycles. The van der Waals surface area contributed by atoms with Crippen LogP contribution >= 0.6 is 11.6 Å². The van der Waals surface area contributed by atoms with Gasteiger partial charge < -0.3 is 19.5 Å². The fourth-order valence-corrected chi connectivity index (χ4v) is 2.42. The van der Waals surface area contributed by atoms with Crippen LogP contribution in [0.15, 0.2) is 48.5 Å². The van der Waals surface area contributed by atoms with Crippen LogP contribution in [-0.2, 0) is 15.9 Å². The predicted molar refractivity (Wildman–Crippen MR) is 109 cm³/mol. The first-order valence-corrected chi connectivity index (χ1v) is 8.92. The van der Waals surface area contributed by atoms with Crippen molar-refractivity contribution < 1.29 is 23.8 Å². The van der Waals surface area contributed by atoms with E-state index in [-0.39, 0.29) is 29.6 Å². The Bertz CT molecular complexity index is 737. The van der Waals surface area contributed by atoms with Crippen molar-refractivity contribution in [2.75, 3.05) is 20.4 Å². The van der Waals surface area contributed by atoms with Gasteiger partial charge in [-0.2, -0.15) is 0 Å². The summed E-state index contributed by atoms with van der Waals surface area (Å²) in [5, 5.41) is 3.33. The SMILES string of the molecule is COc1ccc(C(=O)OCOC(=O)NCCCCc2ccc(Cl)cc2)cc1.[NaH]. The number of ether oxygens (including phenoxy) is 3. The van der Waals surface area contributed by atoms with Crippen molar-refractivity contribution in [1.29, 1.82) is 0 Å². The van der Waals surface area contributed by atoms with Gasteiger partial charge in [0, 0.05) is 11.6 Å². The van der Waals surface area contributed by atoms with Crippen LogP contribution < -0.4 is 10.1 Å². The van der Waals surface area contributed by atoms with Gasteiger partial charge in [-0.25, -0.2) is 9.59 Å². The Hall–Kier alpha value is -1.73. The van der Waals surface area contributed by atoms with Gasteiger partial charge in [-0.15, -0.1) is 0 Å². The van der Waals surface area contributed by atoms with Crippen molar-refractivity contribution in [3.63, 3.8) is 0 Å². The minimum atomic E-state index is -0.621. The second kappa shape index (κ2) is 13.4. The Morgan fingerprint density at radius 2 is 1.64 bits per heavy atom. The Balaban J connectivity index is 0.00000392. The van der Waals surface area contributed by atoms with Crippen molar-refractivity contribution in [3.8, 4) is 5.75 Å². The molecule has 0 spiro atoms. The molecule has 6 nitrogen and oxygen atoms in total. The van der Waals surface area contributed by atoms with Crippen LogP contribution in [0.5, 0.6) is 5.75 Å². The average molecular weight is 416 g/mol. The molecule has 1 N–H and O–H groups in total. The molecule has 2 rings (SSSR count). The molecule has 8 heteroatoms. The Morgan fingerprint density at radius 3 is 2.29 bits per heavy atom. The number of halogens is 1. The van der Waals surface area contributed by atoms with Crippen LogP contribution in [0.25, 0.3) is 0 Å². The molecule has 0 aliphatic rings. The van der Waals surface area contributed by atoms with E-state index < -0.39 is 18.9 Å². The van der Waals surface area contributed by atoms with E-state index in [1.165, 1.54) is 12.7 Å². The quantitative estimate of drug-likeness (QED) is 0.293. The van der Waals surface area contributed by atoms with E-state index in [9.17, 15) is 9.59 Å². The molecule has 0 saturated carbocycles. The van der Waals surface area contributed by atoms with Crippen molar-refractivity contribution in [3.05, 3.63) is 64.7 Å². The summed E-state index contributed by atoms with van der Waals surface area (Å²) >= 11 is 5.84. The fraction of sp³-hybridized carbons (Fsp3) is 0.300. The summed E-state index contributed by atoms with van der Waals surface area (Å²) in [7, 11) is 1.54. The third-order valence-electron chi connectivity index (χ3n) is 3.78. The van der Waals surface area contributed by atoms with Gasteiger partial charge in [0.2, 0.25) is 6.79 Å². The molecule has 0 aliphatic heterocycles. The van der Waals surface area contributed by atoms with Crippen LogP contribution in [0.3, 0.4) is 0 Å². The first kappa shape index (κ1) is 24.3. The third kappa shape index (κ3) is 8.97. The first-order chi connectivity index (χ1) is 13.1. The van der Waals surface area contributed by atoms with Gasteiger partial charge in [-0.3, -0.25) is 0 Å². The molecular formula is C20H23ClNNaO5. The number of nitrogens with one attached hydrogen (secondary N) is 1. The Morgan fingerprint density at radius 1 is 0.964 bits per heavy atom. The summed E-state index contributed by atoms with van der Waals surface area (Å²) in [6, 6.07) is 14.1. The Labute approximate surface area is 191 Å². The van der Waals surface area contributed by atoms with E-state index in [2.05, 4.69) is 5.32 Å². The van der Waals surface area contributed by atoms with Gasteiger partial charge in [-0.1, -0.05) is 23.7 Å². The van der Waals surface area contributed by atoms with Crippen molar-refractivity contribution in [2.24, 2.45) is 0 Å². The van der Waals surface area contributed by atoms with Crippen LogP contribution in [0, 0.1) is 0 Å². The van der Waals surface area contributed by atoms with Gasteiger partial charge in [-0.05, 0) is 61.2 Å². The molecule has 0 heterocycles. The average Bonchev–Trinajstić information content (AvgIpc) is 2.69. The molecule has 2 aromatic rings. The van der Waals surface area contributed by atoms with Gasteiger partial charge in [0.1, 0.15) is 5.75 Å². The van der Waals surface area contributed by atoms with E-state index in [4.69, 9.17) is 25.8 Å². The summed E-state index contributed by atoms with van der Waals surface area (Å²) in [5.41, 5.74) is 1.55. The maximum atomic E-state index is 11.8. The number of methoxy groups -OCH3 is 1. The minimum absolute atomic E-state index is 0. The Kier molecular flexibility index (Phi) is 11.7. The molecule has 28 heavy (non-hydrogen) atoms. The van der Waals surface area contributed by atoms with E-state index in [1.54, 1.807) is 24.3 Å². The number of amides is 1. The number of hydrogen-bond donors (Lipinski definition) is 1. The van der Waals surface area contributed by atoms with Crippen LogP contribution in [0.2, 0.25) is 5.02 Å². The summed E-state index contributed by atoms with van der Waals surface area (Å²) < 4.78 is 14.7. The maximum absolute atomic E-state index is 11.8. The molecule has 0 unspecified atom stereocenters. The van der Waals surface area contributed by atoms with Crippen molar-refractivity contribution in [1.82, 2.24) is 5.32 Å². The second-order valence-corrected chi connectivity index (χ2v) is 6.16. The fourth-order valence-electron chi connectivity index (χ4n) is 2.29. The standard InChI is InChI=1S/C20H22ClNO5.Na.H/c1-25-18-11-7-16(8-12-18)19(23)26-14-27-20(24)22-13-3-2-4-15-5-9-17(21)10-6-15;;/h5-12H,2-4,13-14H2,1H3,(H,22,24);;. The van der Waals surface area contributed by atoms with Crippen molar-refractivity contribution >= 4 is 53.2 Å². The molecule has 0 saturated heterocycles. The zero-order valence-corrected chi connectivity index (χ0v) is 15.8. The summed E-state index contributed by atoms with van der Waals surface area (Å²) in [5.74, 6) is 0.0617. The number of carbonyl (C=O) groups excluding carboxylic acids is 2. The predicted octanol–water partition coefficient (Wildman–Crippen LogP) is 3.56. The monoisotopic (exact) mass is 415 g/mol. The van der Waals surface area contributed by atoms with Crippen LogP contribution in [-0.4, -0.2) is 62.1 Å². The molecule has 0 aromatic heterocycles. The molecule has 146 valence electrons. The van der Waals surface area contributed by atoms with E-state index in [0.29, 0.717) is 17.9 Å². The third-order valence-corrected chi connectivity index (χ3v) is 4.03. The van der Waals surface area contributed by atoms with E-state index >= 15 is 0 Å². The van der Waals surface area contributed by atoms with Crippen LogP contribution in [0.4, 0.5) is 4.79 Å². The number of hydrogen-bond acceptors (Lipinski definition) is 5. The molecule has 2 aromatic carbocycles. The molecule has 0 bridgehead atoms. The summed E-state index contributed by atoms with van der Waals surface area (Å²) in [6.07, 6.45) is 2.02. The summed E-state index contributed by atoms with van der Waals surface area (Å²) in [4.78, 5) is 23.4. The van der Waals surface area contributed by atoms with E-state index in [1.807, 2.05) is 24.3 Å². The summed E-state index contributed by atoms with van der Waals surface area (Å²) in [6.45, 7) is 0.0420. The zero-order chi connectivity index (χ0) is 19.5. The van der Waals surface area contributed by atoms with Crippen molar-refractivity contribution in [2.45, 2.75) is 19.3 Å². The molecule has 0 atom stereocenters. The topological polar surface area (TPSA) is 73.9 Å². The molecular weight excluding hydrogens is 393 g/mol. The first-order valence-electron chi connectivity index (χ1n) is 8.55. The zero-order valence-electron chi connectivity index (χ0n) is 15.1. The van der Waals surface area contributed by atoms with Crippen LogP contribution in [0.1, 0.15) is 28.8 Å². The molecule has 0 fully saturated rings. The molecule has 0 radical (unpaired) electrons. The second-order valence-electron chi connectivity index (χ2n) is 5.72. The van der Waals surface area contributed by atoms with E-state index in [0.717, 1.165) is 24.3 Å². The van der Waals surface area contributed by atoms with Gasteiger partial charge in [0.05, 0.1) is 12.7 Å². The van der Waals surface area contributed by atoms with Gasteiger partial charge in [0.25, 0.3) is 0 Å². The number of unbranched alkanes of at least 4 members (excludes halogenated alkanes) is 1. The number of aryl methyl sites for hydroxylation is 1.